The van der Waals surface area contributed by atoms with E-state index in [1.54, 1.807) is 35.0 Å². The number of anilines is 1. The zero-order chi connectivity index (χ0) is 18.8. The third kappa shape index (κ3) is 3.65. The molecule has 7 nitrogen and oxygen atoms in total. The van der Waals surface area contributed by atoms with Crippen molar-refractivity contribution in [2.45, 2.75) is 32.4 Å². The number of ether oxygens (including phenoxy) is 1. The molecule has 27 heavy (non-hydrogen) atoms. The zero-order valence-corrected chi connectivity index (χ0v) is 15.7. The first-order chi connectivity index (χ1) is 13.2. The van der Waals surface area contributed by atoms with Crippen LogP contribution in [0.3, 0.4) is 0 Å². The number of rotatable bonds is 5. The van der Waals surface area contributed by atoms with Gasteiger partial charge in [0.25, 0.3) is 5.56 Å². The molecule has 0 radical (unpaired) electrons. The highest BCUT2D eigenvalue weighted by Crippen LogP contribution is 2.21. The lowest BCUT2D eigenvalue weighted by Crippen LogP contribution is -2.29. The van der Waals surface area contributed by atoms with Crippen molar-refractivity contribution in [3.63, 3.8) is 0 Å². The molecule has 0 aliphatic carbocycles. The topological polar surface area (TPSA) is 81.9 Å². The van der Waals surface area contributed by atoms with Gasteiger partial charge < -0.3 is 10.1 Å². The lowest BCUT2D eigenvalue weighted by Gasteiger charge is -2.15. The van der Waals surface area contributed by atoms with Gasteiger partial charge in [0.05, 0.1) is 18.8 Å². The fourth-order valence-electron chi connectivity index (χ4n) is 3.24. The Balaban J connectivity index is 1.89. The van der Waals surface area contributed by atoms with Crippen LogP contribution < -0.4 is 10.9 Å². The molecule has 0 bridgehead atoms. The van der Waals surface area contributed by atoms with E-state index in [1.807, 2.05) is 6.92 Å². The largest absolute Gasteiger partial charge is 0.376 e. The maximum absolute atomic E-state index is 13.3. The second-order valence-corrected chi connectivity index (χ2v) is 6.89. The molecule has 2 aromatic heterocycles. The fraction of sp³-hybridized carbons (Fsp3) is 0.368. The third-order valence-electron chi connectivity index (χ3n) is 4.55. The molecule has 1 atom stereocenters. The minimum absolute atomic E-state index is 0.00363. The lowest BCUT2D eigenvalue weighted by molar-refractivity contribution is 0.0971. The molecule has 1 aliphatic rings. The number of halogens is 1. The van der Waals surface area contributed by atoms with Crippen molar-refractivity contribution in [1.29, 1.82) is 0 Å². The summed E-state index contributed by atoms with van der Waals surface area (Å²) in [6.07, 6.45) is 3.58. The van der Waals surface area contributed by atoms with Crippen molar-refractivity contribution in [2.75, 3.05) is 18.5 Å². The van der Waals surface area contributed by atoms with E-state index in [0.29, 0.717) is 46.5 Å². The van der Waals surface area contributed by atoms with Gasteiger partial charge in [0.1, 0.15) is 11.2 Å². The normalized spacial score (nSPS) is 16.7. The standard InChI is InChI=1S/C19H20ClN5O2/c1-2-21-19-22-10-15-17(24-19)25(11-14-4-3-9-27-14)18(26)16(23-15)12-5-7-13(20)8-6-12/h5-8,10,14H,2-4,9,11H2,1H3,(H,21,22,24)/t14-/m1/s1. The molecule has 4 rings (SSSR count). The number of hydrogen-bond acceptors (Lipinski definition) is 6. The predicted octanol–water partition coefficient (Wildman–Crippen LogP) is 3.12. The number of nitrogens with one attached hydrogen (secondary N) is 1. The van der Waals surface area contributed by atoms with Crippen LogP contribution in [-0.2, 0) is 11.3 Å². The molecule has 140 valence electrons. The van der Waals surface area contributed by atoms with E-state index < -0.39 is 0 Å². The molecule has 8 heteroatoms. The number of nitrogens with zero attached hydrogens (tertiary/aromatic N) is 4. The van der Waals surface area contributed by atoms with E-state index in [4.69, 9.17) is 16.3 Å². The van der Waals surface area contributed by atoms with Gasteiger partial charge in [0.2, 0.25) is 5.95 Å². The number of hydrogen-bond donors (Lipinski definition) is 1. The number of fused-ring (bicyclic) bond motifs is 1. The van der Waals surface area contributed by atoms with Gasteiger partial charge in [-0.25, -0.2) is 9.97 Å². The van der Waals surface area contributed by atoms with Crippen molar-refractivity contribution in [2.24, 2.45) is 0 Å². The molecule has 0 spiro atoms. The monoisotopic (exact) mass is 385 g/mol. The van der Waals surface area contributed by atoms with Crippen LogP contribution in [0.2, 0.25) is 5.02 Å². The summed E-state index contributed by atoms with van der Waals surface area (Å²) in [6, 6.07) is 7.08. The van der Waals surface area contributed by atoms with E-state index in [1.165, 1.54) is 0 Å². The molecule has 1 fully saturated rings. The summed E-state index contributed by atoms with van der Waals surface area (Å²) in [4.78, 5) is 26.6. The van der Waals surface area contributed by atoms with Crippen molar-refractivity contribution in [3.05, 3.63) is 45.8 Å². The van der Waals surface area contributed by atoms with Crippen LogP contribution in [0.25, 0.3) is 22.4 Å². The van der Waals surface area contributed by atoms with Crippen molar-refractivity contribution >= 4 is 28.7 Å². The number of aromatic nitrogens is 4. The molecule has 1 aliphatic heterocycles. The van der Waals surface area contributed by atoms with Crippen LogP contribution in [-0.4, -0.2) is 38.8 Å². The Morgan fingerprint density at radius 1 is 1.30 bits per heavy atom. The molecule has 0 amide bonds. The maximum Gasteiger partial charge on any atom is 0.278 e. The lowest BCUT2D eigenvalue weighted by atomic mass is 10.1. The van der Waals surface area contributed by atoms with Gasteiger partial charge in [-0.05, 0) is 31.9 Å². The highest BCUT2D eigenvalue weighted by atomic mass is 35.5. The van der Waals surface area contributed by atoms with E-state index in [2.05, 4.69) is 20.3 Å². The highest BCUT2D eigenvalue weighted by molar-refractivity contribution is 6.30. The first-order valence-electron chi connectivity index (χ1n) is 9.04. The fourth-order valence-corrected chi connectivity index (χ4v) is 3.36. The van der Waals surface area contributed by atoms with Crippen LogP contribution in [0.4, 0.5) is 5.95 Å². The molecule has 1 saturated heterocycles. The molecular formula is C19H20ClN5O2. The van der Waals surface area contributed by atoms with Gasteiger partial charge in [-0.3, -0.25) is 9.36 Å². The van der Waals surface area contributed by atoms with Crippen LogP contribution in [0, 0.1) is 0 Å². The van der Waals surface area contributed by atoms with Crippen molar-refractivity contribution in [1.82, 2.24) is 19.5 Å². The molecule has 1 aromatic carbocycles. The second-order valence-electron chi connectivity index (χ2n) is 6.45. The Kier molecular flexibility index (Phi) is 5.05. The van der Waals surface area contributed by atoms with E-state index in [9.17, 15) is 4.79 Å². The minimum Gasteiger partial charge on any atom is -0.376 e. The summed E-state index contributed by atoms with van der Waals surface area (Å²) in [6.45, 7) is 3.83. The van der Waals surface area contributed by atoms with Crippen molar-refractivity contribution < 1.29 is 4.74 Å². The van der Waals surface area contributed by atoms with Gasteiger partial charge in [-0.1, -0.05) is 23.7 Å². The summed E-state index contributed by atoms with van der Waals surface area (Å²) in [5.41, 5.74) is 1.96. The Morgan fingerprint density at radius 2 is 2.11 bits per heavy atom. The molecule has 3 aromatic rings. The summed E-state index contributed by atoms with van der Waals surface area (Å²) < 4.78 is 7.40. The first-order valence-corrected chi connectivity index (χ1v) is 9.42. The summed E-state index contributed by atoms with van der Waals surface area (Å²) in [7, 11) is 0. The third-order valence-corrected chi connectivity index (χ3v) is 4.80. The summed E-state index contributed by atoms with van der Waals surface area (Å²) in [5.74, 6) is 0.478. The molecular weight excluding hydrogens is 366 g/mol. The van der Waals surface area contributed by atoms with Gasteiger partial charge in [-0.15, -0.1) is 0 Å². The second kappa shape index (κ2) is 7.62. The van der Waals surface area contributed by atoms with Crippen molar-refractivity contribution in [3.8, 4) is 11.3 Å². The average Bonchev–Trinajstić information content (AvgIpc) is 3.18. The Hall–Kier alpha value is -2.51. The van der Waals surface area contributed by atoms with Crippen LogP contribution in [0.1, 0.15) is 19.8 Å². The van der Waals surface area contributed by atoms with Crippen LogP contribution in [0.5, 0.6) is 0 Å². The van der Waals surface area contributed by atoms with E-state index in [0.717, 1.165) is 19.4 Å². The SMILES string of the molecule is CCNc1ncc2nc(-c3ccc(Cl)cc3)c(=O)n(C[C@H]3CCCO3)c2n1. The summed E-state index contributed by atoms with van der Waals surface area (Å²) >= 11 is 5.98. The van der Waals surface area contributed by atoms with Gasteiger partial charge >= 0.3 is 0 Å². The Labute approximate surface area is 161 Å². The van der Waals surface area contributed by atoms with Crippen LogP contribution >= 0.6 is 11.6 Å². The zero-order valence-electron chi connectivity index (χ0n) is 15.0. The number of benzene rings is 1. The highest BCUT2D eigenvalue weighted by Gasteiger charge is 2.21. The van der Waals surface area contributed by atoms with Crippen LogP contribution in [0.15, 0.2) is 35.3 Å². The Morgan fingerprint density at radius 3 is 2.81 bits per heavy atom. The molecule has 0 unspecified atom stereocenters. The predicted molar refractivity (Wildman–Crippen MR) is 105 cm³/mol. The average molecular weight is 386 g/mol. The smallest absolute Gasteiger partial charge is 0.278 e. The maximum atomic E-state index is 13.3. The first kappa shape index (κ1) is 17.9. The van der Waals surface area contributed by atoms with E-state index in [-0.39, 0.29) is 11.7 Å². The summed E-state index contributed by atoms with van der Waals surface area (Å²) in [5, 5.41) is 3.69. The Bertz CT molecular complexity index is 1010. The minimum atomic E-state index is -0.193. The van der Waals surface area contributed by atoms with Gasteiger partial charge in [0, 0.05) is 23.7 Å². The molecule has 3 heterocycles. The molecule has 1 N–H and O–H groups in total. The van der Waals surface area contributed by atoms with Gasteiger partial charge in [0.15, 0.2) is 5.65 Å². The van der Waals surface area contributed by atoms with Gasteiger partial charge in [-0.2, -0.15) is 4.98 Å². The van der Waals surface area contributed by atoms with E-state index >= 15 is 0 Å². The quantitative estimate of drug-likeness (QED) is 0.726. The molecule has 0 saturated carbocycles.